The van der Waals surface area contributed by atoms with Crippen molar-refractivity contribution in [3.8, 4) is 0 Å². The molecule has 0 spiro atoms. The number of aromatic nitrogens is 1. The first-order valence-electron chi connectivity index (χ1n) is 6.80. The van der Waals surface area contributed by atoms with Crippen molar-refractivity contribution in [2.45, 2.75) is 44.7 Å². The molecule has 0 amide bonds. The van der Waals surface area contributed by atoms with Crippen LogP contribution in [-0.4, -0.2) is 17.6 Å². The van der Waals surface area contributed by atoms with Crippen LogP contribution in [0.5, 0.6) is 0 Å². The molecule has 1 aliphatic heterocycles. The van der Waals surface area contributed by atoms with Gasteiger partial charge in [-0.1, -0.05) is 12.5 Å². The van der Waals surface area contributed by atoms with Crippen LogP contribution >= 0.6 is 0 Å². The van der Waals surface area contributed by atoms with E-state index in [0.717, 1.165) is 23.3 Å². The summed E-state index contributed by atoms with van der Waals surface area (Å²) < 4.78 is 0. The summed E-state index contributed by atoms with van der Waals surface area (Å²) in [5.74, 6) is 2.07. The van der Waals surface area contributed by atoms with Gasteiger partial charge in [0.15, 0.2) is 0 Å². The molecule has 2 atom stereocenters. The summed E-state index contributed by atoms with van der Waals surface area (Å²) in [6.45, 7) is 1.76. The Bertz CT molecular complexity index is 374. The number of fused-ring (bicyclic) bond motifs is 1. The third-order valence-electron chi connectivity index (χ3n) is 4.33. The van der Waals surface area contributed by atoms with Crippen LogP contribution in [-0.2, 0) is 6.54 Å². The second kappa shape index (κ2) is 4.65. The van der Waals surface area contributed by atoms with E-state index >= 15 is 0 Å². The number of hydrogen-bond donors (Lipinski definition) is 1. The summed E-state index contributed by atoms with van der Waals surface area (Å²) in [7, 11) is 0. The Kier molecular flexibility index (Phi) is 3.02. The number of pyridine rings is 1. The number of hydrogen-bond acceptors (Lipinski definition) is 3. The molecule has 2 heterocycles. The fourth-order valence-electron chi connectivity index (χ4n) is 3.45. The van der Waals surface area contributed by atoms with Crippen molar-refractivity contribution in [2.24, 2.45) is 11.7 Å². The fourth-order valence-corrected chi connectivity index (χ4v) is 3.45. The van der Waals surface area contributed by atoms with Crippen LogP contribution < -0.4 is 10.6 Å². The van der Waals surface area contributed by atoms with Crippen LogP contribution in [0.2, 0.25) is 0 Å². The van der Waals surface area contributed by atoms with Gasteiger partial charge in [0.2, 0.25) is 0 Å². The highest BCUT2D eigenvalue weighted by Gasteiger charge is 2.35. The van der Waals surface area contributed by atoms with Crippen molar-refractivity contribution in [1.82, 2.24) is 4.98 Å². The van der Waals surface area contributed by atoms with Gasteiger partial charge in [-0.15, -0.1) is 0 Å². The zero-order chi connectivity index (χ0) is 11.7. The van der Waals surface area contributed by atoms with Crippen LogP contribution in [0.15, 0.2) is 18.3 Å². The molecule has 1 saturated carbocycles. The predicted molar refractivity (Wildman–Crippen MR) is 69.8 cm³/mol. The molecule has 0 bridgehead atoms. The lowest BCUT2D eigenvalue weighted by Gasteiger charge is -2.38. The van der Waals surface area contributed by atoms with Crippen LogP contribution in [0.1, 0.15) is 37.7 Å². The SMILES string of the molecule is NCc1ccc(N2CCCC3CCCC32)nc1. The fraction of sp³-hybridized carbons (Fsp3) is 0.643. The summed E-state index contributed by atoms with van der Waals surface area (Å²) in [4.78, 5) is 7.11. The second-order valence-corrected chi connectivity index (χ2v) is 5.32. The van der Waals surface area contributed by atoms with E-state index in [1.54, 1.807) is 0 Å². The topological polar surface area (TPSA) is 42.1 Å². The van der Waals surface area contributed by atoms with Gasteiger partial charge in [0.05, 0.1) is 0 Å². The van der Waals surface area contributed by atoms with Crippen molar-refractivity contribution >= 4 is 5.82 Å². The van der Waals surface area contributed by atoms with Gasteiger partial charge in [-0.25, -0.2) is 4.98 Å². The number of piperidine rings is 1. The Morgan fingerprint density at radius 3 is 2.88 bits per heavy atom. The number of anilines is 1. The minimum absolute atomic E-state index is 0.583. The average Bonchev–Trinajstić information content (AvgIpc) is 2.87. The Labute approximate surface area is 103 Å². The van der Waals surface area contributed by atoms with E-state index in [1.807, 2.05) is 6.20 Å². The number of nitrogens with zero attached hydrogens (tertiary/aromatic N) is 2. The highest BCUT2D eigenvalue weighted by molar-refractivity contribution is 5.41. The molecule has 3 heteroatoms. The molecule has 92 valence electrons. The van der Waals surface area contributed by atoms with Gasteiger partial charge in [0.25, 0.3) is 0 Å². The molecule has 1 saturated heterocycles. The Morgan fingerprint density at radius 1 is 1.24 bits per heavy atom. The third-order valence-corrected chi connectivity index (χ3v) is 4.33. The molecular weight excluding hydrogens is 210 g/mol. The highest BCUT2D eigenvalue weighted by atomic mass is 15.2. The van der Waals surface area contributed by atoms with Gasteiger partial charge in [0, 0.05) is 25.3 Å². The van der Waals surface area contributed by atoms with Crippen LogP contribution in [0, 0.1) is 5.92 Å². The number of nitrogens with two attached hydrogens (primary N) is 1. The molecule has 1 aromatic rings. The Balaban J connectivity index is 1.81. The van der Waals surface area contributed by atoms with E-state index < -0.39 is 0 Å². The highest BCUT2D eigenvalue weighted by Crippen LogP contribution is 2.38. The molecular formula is C14H21N3. The minimum atomic E-state index is 0.583. The quantitative estimate of drug-likeness (QED) is 0.849. The zero-order valence-electron chi connectivity index (χ0n) is 10.3. The molecule has 2 N–H and O–H groups in total. The van der Waals surface area contributed by atoms with E-state index in [-0.39, 0.29) is 0 Å². The van der Waals surface area contributed by atoms with Crippen molar-refractivity contribution in [1.29, 1.82) is 0 Å². The van der Waals surface area contributed by atoms with E-state index in [4.69, 9.17) is 5.73 Å². The minimum Gasteiger partial charge on any atom is -0.353 e. The normalized spacial score (nSPS) is 28.2. The lowest BCUT2D eigenvalue weighted by molar-refractivity contribution is 0.360. The molecule has 2 fully saturated rings. The van der Waals surface area contributed by atoms with Crippen molar-refractivity contribution in [3.63, 3.8) is 0 Å². The van der Waals surface area contributed by atoms with Gasteiger partial charge >= 0.3 is 0 Å². The standard InChI is InChI=1S/C14H21N3/c15-9-11-6-7-14(16-10-11)17-8-2-4-12-3-1-5-13(12)17/h6-7,10,12-13H,1-5,8-9,15H2. The van der Waals surface area contributed by atoms with Crippen LogP contribution in [0.3, 0.4) is 0 Å². The largest absolute Gasteiger partial charge is 0.353 e. The first kappa shape index (κ1) is 11.0. The molecule has 17 heavy (non-hydrogen) atoms. The lowest BCUT2D eigenvalue weighted by Crippen LogP contribution is -2.43. The molecule has 0 aromatic carbocycles. The number of rotatable bonds is 2. The van der Waals surface area contributed by atoms with Gasteiger partial charge in [-0.05, 0) is 43.2 Å². The molecule has 2 aliphatic rings. The van der Waals surface area contributed by atoms with Gasteiger partial charge in [0.1, 0.15) is 5.82 Å². The summed E-state index contributed by atoms with van der Waals surface area (Å²) in [6.07, 6.45) is 8.83. The summed E-state index contributed by atoms with van der Waals surface area (Å²) in [6, 6.07) is 5.00. The first-order valence-corrected chi connectivity index (χ1v) is 6.80. The summed E-state index contributed by atoms with van der Waals surface area (Å²) in [5, 5.41) is 0. The van der Waals surface area contributed by atoms with Gasteiger partial charge in [-0.2, -0.15) is 0 Å². The predicted octanol–water partition coefficient (Wildman–Crippen LogP) is 2.31. The summed E-state index contributed by atoms with van der Waals surface area (Å²) >= 11 is 0. The first-order chi connectivity index (χ1) is 8.38. The van der Waals surface area contributed by atoms with Crippen LogP contribution in [0.4, 0.5) is 5.82 Å². The van der Waals surface area contributed by atoms with Crippen molar-refractivity contribution < 1.29 is 0 Å². The maximum atomic E-state index is 5.61. The third kappa shape index (κ3) is 2.04. The van der Waals surface area contributed by atoms with Crippen LogP contribution in [0.25, 0.3) is 0 Å². The van der Waals surface area contributed by atoms with Crippen molar-refractivity contribution in [2.75, 3.05) is 11.4 Å². The van der Waals surface area contributed by atoms with E-state index in [9.17, 15) is 0 Å². The maximum absolute atomic E-state index is 5.61. The molecule has 1 aliphatic carbocycles. The van der Waals surface area contributed by atoms with E-state index in [1.165, 1.54) is 38.6 Å². The smallest absolute Gasteiger partial charge is 0.128 e. The Morgan fingerprint density at radius 2 is 2.12 bits per heavy atom. The lowest BCUT2D eigenvalue weighted by atomic mass is 9.92. The van der Waals surface area contributed by atoms with E-state index in [2.05, 4.69) is 22.0 Å². The average molecular weight is 231 g/mol. The monoisotopic (exact) mass is 231 g/mol. The van der Waals surface area contributed by atoms with E-state index in [0.29, 0.717) is 6.54 Å². The summed E-state index contributed by atoms with van der Waals surface area (Å²) in [5.41, 5.74) is 6.73. The molecule has 1 aromatic heterocycles. The van der Waals surface area contributed by atoms with Gasteiger partial charge < -0.3 is 10.6 Å². The van der Waals surface area contributed by atoms with Gasteiger partial charge in [-0.3, -0.25) is 0 Å². The molecule has 2 unspecified atom stereocenters. The molecule has 3 nitrogen and oxygen atoms in total. The molecule has 3 rings (SSSR count). The zero-order valence-corrected chi connectivity index (χ0v) is 10.3. The second-order valence-electron chi connectivity index (χ2n) is 5.32. The maximum Gasteiger partial charge on any atom is 0.128 e. The Hall–Kier alpha value is -1.09. The molecule has 0 radical (unpaired) electrons. The van der Waals surface area contributed by atoms with Crippen molar-refractivity contribution in [3.05, 3.63) is 23.9 Å².